The Balaban J connectivity index is 1.78. The number of amides is 1. The molecule has 1 aliphatic heterocycles. The van der Waals surface area contributed by atoms with Gasteiger partial charge in [-0.3, -0.25) is 14.7 Å². The highest BCUT2D eigenvalue weighted by molar-refractivity contribution is 5.94. The molecule has 0 unspecified atom stereocenters. The molecule has 11 heteroatoms. The summed E-state index contributed by atoms with van der Waals surface area (Å²) >= 11 is 0. The molecule has 0 bridgehead atoms. The zero-order chi connectivity index (χ0) is 22.6. The molecule has 0 atom stereocenters. The molecule has 3 aromatic heterocycles. The molecule has 0 saturated carbocycles. The topological polar surface area (TPSA) is 105 Å². The number of nitrogens with zero attached hydrogens (tertiary/aromatic N) is 3. The minimum Gasteiger partial charge on any atom is -0.440 e. The normalized spacial score (nSPS) is 14.3. The van der Waals surface area contributed by atoms with Crippen LogP contribution in [0.5, 0.6) is 0 Å². The second kappa shape index (κ2) is 7.08. The van der Waals surface area contributed by atoms with Crippen LogP contribution >= 0.6 is 0 Å². The van der Waals surface area contributed by atoms with E-state index in [9.17, 15) is 22.8 Å². The molecule has 0 fully saturated rings. The average molecular weight is 443 g/mol. The Hall–Kier alpha value is -3.89. The number of H-pyrrole nitrogens is 1. The van der Waals surface area contributed by atoms with Gasteiger partial charge < -0.3 is 9.73 Å². The Bertz CT molecular complexity index is 1420. The fourth-order valence-corrected chi connectivity index (χ4v) is 3.85. The third-order valence-electron chi connectivity index (χ3n) is 5.30. The van der Waals surface area contributed by atoms with Crippen molar-refractivity contribution < 1.29 is 22.4 Å². The maximum atomic E-state index is 13.8. The number of rotatable bonds is 2. The van der Waals surface area contributed by atoms with E-state index >= 15 is 0 Å². The molecule has 1 aliphatic rings. The van der Waals surface area contributed by atoms with Gasteiger partial charge in [-0.2, -0.15) is 17.7 Å². The number of carbonyl (C=O) groups is 1. The lowest BCUT2D eigenvalue weighted by atomic mass is 10.1. The third kappa shape index (κ3) is 3.08. The molecule has 4 heterocycles. The van der Waals surface area contributed by atoms with Crippen LogP contribution in [0.15, 0.2) is 39.5 Å². The number of hydrogen-bond donors (Lipinski definition) is 2. The maximum absolute atomic E-state index is 13.8. The van der Waals surface area contributed by atoms with E-state index in [0.717, 1.165) is 4.52 Å². The maximum Gasteiger partial charge on any atom is 0.433 e. The first-order chi connectivity index (χ1) is 15.3. The van der Waals surface area contributed by atoms with Crippen molar-refractivity contribution in [2.45, 2.75) is 25.9 Å². The minimum atomic E-state index is -4.75. The van der Waals surface area contributed by atoms with Gasteiger partial charge in [-0.1, -0.05) is 30.3 Å². The van der Waals surface area contributed by atoms with Gasteiger partial charge in [-0.25, -0.2) is 9.97 Å². The van der Waals surface area contributed by atoms with Gasteiger partial charge in [0.1, 0.15) is 17.0 Å². The number of oxazole rings is 1. The summed E-state index contributed by atoms with van der Waals surface area (Å²) in [7, 11) is 0. The molecule has 5 rings (SSSR count). The van der Waals surface area contributed by atoms with Crippen LogP contribution in [0.1, 0.15) is 34.1 Å². The lowest BCUT2D eigenvalue weighted by molar-refractivity contribution is -0.140. The molecular weight excluding hydrogens is 427 g/mol. The van der Waals surface area contributed by atoms with Crippen molar-refractivity contribution in [1.82, 2.24) is 24.9 Å². The van der Waals surface area contributed by atoms with E-state index in [1.165, 1.54) is 19.1 Å². The van der Waals surface area contributed by atoms with E-state index in [1.807, 2.05) is 0 Å². The zero-order valence-electron chi connectivity index (χ0n) is 16.7. The molecule has 4 aromatic rings. The molecule has 1 aromatic carbocycles. The number of hydrogen-bond acceptors (Lipinski definition) is 5. The molecule has 2 N–H and O–H groups in total. The van der Waals surface area contributed by atoms with Crippen molar-refractivity contribution >= 4 is 11.6 Å². The molecule has 32 heavy (non-hydrogen) atoms. The third-order valence-corrected chi connectivity index (χ3v) is 5.30. The first-order valence-corrected chi connectivity index (χ1v) is 9.82. The van der Waals surface area contributed by atoms with Crippen molar-refractivity contribution in [1.29, 1.82) is 0 Å². The van der Waals surface area contributed by atoms with Crippen molar-refractivity contribution in [3.63, 3.8) is 0 Å². The Morgan fingerprint density at radius 2 is 1.84 bits per heavy atom. The summed E-state index contributed by atoms with van der Waals surface area (Å²) in [5.74, 6) is -0.253. The van der Waals surface area contributed by atoms with Crippen molar-refractivity contribution in [2.75, 3.05) is 6.54 Å². The lowest BCUT2D eigenvalue weighted by Crippen LogP contribution is -2.23. The number of aromatic nitrogens is 4. The highest BCUT2D eigenvalue weighted by Crippen LogP contribution is 2.38. The summed E-state index contributed by atoms with van der Waals surface area (Å²) in [5.41, 5.74) is -1.95. The SMILES string of the molecule is Cc1nc2c(-c3ccccc3)c(C(F)(F)F)[nH]n2c(=O)c1-c1nc2c(o1)CCCNC2=O. The Labute approximate surface area is 178 Å². The molecule has 0 radical (unpaired) electrons. The van der Waals surface area contributed by atoms with Gasteiger partial charge in [-0.15, -0.1) is 0 Å². The quantitative estimate of drug-likeness (QED) is 0.494. The van der Waals surface area contributed by atoms with Crippen LogP contribution in [0.4, 0.5) is 13.2 Å². The lowest BCUT2D eigenvalue weighted by Gasteiger charge is -2.07. The molecule has 8 nitrogen and oxygen atoms in total. The number of aryl methyl sites for hydroxylation is 2. The summed E-state index contributed by atoms with van der Waals surface area (Å²) in [6, 6.07) is 7.90. The fourth-order valence-electron chi connectivity index (χ4n) is 3.85. The summed E-state index contributed by atoms with van der Waals surface area (Å²) < 4.78 is 47.9. The summed E-state index contributed by atoms with van der Waals surface area (Å²) in [6.07, 6.45) is -3.68. The van der Waals surface area contributed by atoms with Crippen LogP contribution < -0.4 is 10.9 Å². The highest BCUT2D eigenvalue weighted by atomic mass is 19.4. The van der Waals surface area contributed by atoms with Crippen LogP contribution in [0.25, 0.3) is 28.2 Å². The fraction of sp³-hybridized carbons (Fsp3) is 0.238. The van der Waals surface area contributed by atoms with Crippen molar-refractivity contribution in [3.05, 3.63) is 63.5 Å². The van der Waals surface area contributed by atoms with Crippen molar-refractivity contribution in [3.8, 4) is 22.6 Å². The number of benzene rings is 1. The first-order valence-electron chi connectivity index (χ1n) is 9.82. The molecule has 0 aliphatic carbocycles. The number of aromatic amines is 1. The van der Waals surface area contributed by atoms with Gasteiger partial charge in [0.05, 0.1) is 11.3 Å². The Morgan fingerprint density at radius 3 is 2.56 bits per heavy atom. The Morgan fingerprint density at radius 1 is 1.09 bits per heavy atom. The average Bonchev–Trinajstić information content (AvgIpc) is 3.29. The number of fused-ring (bicyclic) bond motifs is 2. The van der Waals surface area contributed by atoms with Gasteiger partial charge in [0.2, 0.25) is 5.89 Å². The van der Waals surface area contributed by atoms with Crippen LogP contribution in [0.2, 0.25) is 0 Å². The van der Waals surface area contributed by atoms with E-state index in [0.29, 0.717) is 25.1 Å². The predicted octanol–water partition coefficient (Wildman–Crippen LogP) is 3.35. The Kier molecular flexibility index (Phi) is 4.43. The minimum absolute atomic E-state index is 0.0637. The van der Waals surface area contributed by atoms with Crippen molar-refractivity contribution in [2.24, 2.45) is 0 Å². The monoisotopic (exact) mass is 443 g/mol. The van der Waals surface area contributed by atoms with Gasteiger partial charge in [0.25, 0.3) is 11.5 Å². The predicted molar refractivity (Wildman–Crippen MR) is 107 cm³/mol. The van der Waals surface area contributed by atoms with Gasteiger partial charge in [0.15, 0.2) is 11.3 Å². The number of carbonyl (C=O) groups excluding carboxylic acids is 1. The standard InChI is InChI=1S/C21H16F3N5O3/c1-10-13(19-27-15-12(32-19)8-5-9-25-18(15)30)20(31)29-17(26-10)14(11-6-3-2-4-7-11)16(28-29)21(22,23)24/h2-4,6-7,28H,5,8-9H2,1H3,(H,25,30). The number of halogens is 3. The van der Waals surface area contributed by atoms with Gasteiger partial charge in [0, 0.05) is 13.0 Å². The summed E-state index contributed by atoms with van der Waals surface area (Å²) in [6.45, 7) is 1.96. The van der Waals surface area contributed by atoms with E-state index in [4.69, 9.17) is 4.42 Å². The first kappa shape index (κ1) is 20.0. The highest BCUT2D eigenvalue weighted by Gasteiger charge is 2.38. The second-order valence-electron chi connectivity index (χ2n) is 7.41. The largest absolute Gasteiger partial charge is 0.440 e. The zero-order valence-corrected chi connectivity index (χ0v) is 16.7. The molecular formula is C21H16F3N5O3. The van der Waals surface area contributed by atoms with Crippen LogP contribution in [0.3, 0.4) is 0 Å². The molecule has 164 valence electrons. The summed E-state index contributed by atoms with van der Waals surface area (Å²) in [4.78, 5) is 33.9. The van der Waals surface area contributed by atoms with Gasteiger partial charge >= 0.3 is 6.18 Å². The van der Waals surface area contributed by atoms with E-state index in [2.05, 4.69) is 20.4 Å². The molecule has 0 spiro atoms. The number of nitrogens with one attached hydrogen (secondary N) is 2. The van der Waals surface area contributed by atoms with Crippen LogP contribution in [-0.4, -0.2) is 32.0 Å². The number of alkyl halides is 3. The second-order valence-corrected chi connectivity index (χ2v) is 7.41. The molecule has 0 saturated heterocycles. The van der Waals surface area contributed by atoms with Crippen LogP contribution in [-0.2, 0) is 12.6 Å². The molecule has 1 amide bonds. The van der Waals surface area contributed by atoms with Gasteiger partial charge in [-0.05, 0) is 18.9 Å². The van der Waals surface area contributed by atoms with Crippen LogP contribution in [0, 0.1) is 6.92 Å². The summed E-state index contributed by atoms with van der Waals surface area (Å²) in [5, 5.41) is 4.84. The smallest absolute Gasteiger partial charge is 0.433 e. The van der Waals surface area contributed by atoms with E-state index in [1.54, 1.807) is 18.2 Å². The van der Waals surface area contributed by atoms with E-state index < -0.39 is 23.3 Å². The van der Waals surface area contributed by atoms with E-state index in [-0.39, 0.29) is 39.6 Å².